The number of aryl methyl sites for hydroxylation is 2. The van der Waals surface area contributed by atoms with E-state index in [1.165, 1.54) is 34.2 Å². The predicted molar refractivity (Wildman–Crippen MR) is 112 cm³/mol. The molecule has 28 heavy (non-hydrogen) atoms. The Morgan fingerprint density at radius 2 is 1.89 bits per heavy atom. The molecule has 1 aliphatic heterocycles. The van der Waals surface area contributed by atoms with Crippen molar-refractivity contribution in [2.24, 2.45) is 0 Å². The van der Waals surface area contributed by atoms with Gasteiger partial charge in [0.15, 0.2) is 21.6 Å². The number of fused-ring (bicyclic) bond motifs is 1. The van der Waals surface area contributed by atoms with Gasteiger partial charge in [-0.1, -0.05) is 29.2 Å². The third-order valence-corrected chi connectivity index (χ3v) is 6.33. The molecule has 0 radical (unpaired) electrons. The van der Waals surface area contributed by atoms with Gasteiger partial charge in [-0.15, -0.1) is 10.2 Å². The van der Waals surface area contributed by atoms with Crippen LogP contribution in [0.25, 0.3) is 0 Å². The zero-order valence-electron chi connectivity index (χ0n) is 15.5. The average molecular weight is 414 g/mol. The van der Waals surface area contributed by atoms with Crippen LogP contribution in [-0.2, 0) is 0 Å². The van der Waals surface area contributed by atoms with Crippen LogP contribution in [0.3, 0.4) is 0 Å². The molecule has 0 amide bonds. The summed E-state index contributed by atoms with van der Waals surface area (Å²) in [5, 5.41) is 12.3. The number of Topliss-reactive ketones (excluding diaryl/α,β-unsaturated/α-hetero) is 1. The van der Waals surface area contributed by atoms with Crippen LogP contribution >= 0.6 is 23.1 Å². The lowest BCUT2D eigenvalue weighted by Crippen LogP contribution is -2.16. The van der Waals surface area contributed by atoms with Crippen LogP contribution in [0.4, 0.5) is 10.8 Å². The van der Waals surface area contributed by atoms with Crippen molar-refractivity contribution in [2.45, 2.75) is 18.2 Å². The first kappa shape index (κ1) is 18.8. The first-order chi connectivity index (χ1) is 13.6. The number of ketones is 1. The van der Waals surface area contributed by atoms with Crippen LogP contribution in [0.2, 0.25) is 0 Å². The zero-order chi connectivity index (χ0) is 19.5. The number of carbonyl (C=O) groups excluding carboxylic acids is 1. The largest absolute Gasteiger partial charge is 0.486 e. The third-order valence-electron chi connectivity index (χ3n) is 4.36. The fourth-order valence-electron chi connectivity index (χ4n) is 2.69. The van der Waals surface area contributed by atoms with E-state index in [2.05, 4.69) is 41.5 Å². The Morgan fingerprint density at radius 1 is 1.07 bits per heavy atom. The summed E-state index contributed by atoms with van der Waals surface area (Å²) in [6.45, 7) is 5.19. The van der Waals surface area contributed by atoms with Crippen LogP contribution in [0, 0.1) is 13.8 Å². The number of nitrogens with one attached hydrogen (secondary N) is 1. The molecule has 6 nitrogen and oxygen atoms in total. The van der Waals surface area contributed by atoms with E-state index >= 15 is 0 Å². The molecular weight excluding hydrogens is 394 g/mol. The lowest BCUT2D eigenvalue weighted by Gasteiger charge is -2.18. The van der Waals surface area contributed by atoms with Crippen molar-refractivity contribution in [3.05, 3.63) is 53.1 Å². The second-order valence-electron chi connectivity index (χ2n) is 6.37. The summed E-state index contributed by atoms with van der Waals surface area (Å²) >= 11 is 2.81. The molecule has 3 aromatic rings. The third kappa shape index (κ3) is 4.28. The Bertz CT molecular complexity index is 1020. The quantitative estimate of drug-likeness (QED) is 0.466. The maximum atomic E-state index is 12.5. The number of benzene rings is 2. The fourth-order valence-corrected chi connectivity index (χ4v) is 4.36. The van der Waals surface area contributed by atoms with Gasteiger partial charge in [-0.3, -0.25) is 4.79 Å². The van der Waals surface area contributed by atoms with E-state index in [0.29, 0.717) is 35.4 Å². The second kappa shape index (κ2) is 8.20. The van der Waals surface area contributed by atoms with Gasteiger partial charge in [-0.25, -0.2) is 0 Å². The van der Waals surface area contributed by atoms with Gasteiger partial charge < -0.3 is 14.8 Å². The molecule has 1 aliphatic rings. The van der Waals surface area contributed by atoms with E-state index in [1.807, 2.05) is 6.07 Å². The second-order valence-corrected chi connectivity index (χ2v) is 8.57. The van der Waals surface area contributed by atoms with Crippen molar-refractivity contribution in [1.82, 2.24) is 10.2 Å². The number of ether oxygens (including phenoxy) is 2. The number of rotatable bonds is 6. The molecule has 0 atom stereocenters. The normalized spacial score (nSPS) is 12.6. The van der Waals surface area contributed by atoms with Crippen molar-refractivity contribution in [1.29, 1.82) is 0 Å². The summed E-state index contributed by atoms with van der Waals surface area (Å²) in [6, 6.07) is 11.5. The monoisotopic (exact) mass is 413 g/mol. The molecule has 144 valence electrons. The van der Waals surface area contributed by atoms with Gasteiger partial charge in [0.2, 0.25) is 5.13 Å². The van der Waals surface area contributed by atoms with Crippen molar-refractivity contribution < 1.29 is 14.3 Å². The molecule has 0 bridgehead atoms. The number of anilines is 2. The molecule has 2 heterocycles. The van der Waals surface area contributed by atoms with Crippen LogP contribution in [0.5, 0.6) is 11.5 Å². The lowest BCUT2D eigenvalue weighted by molar-refractivity contribution is 0.102. The predicted octanol–water partition coefficient (Wildman–Crippen LogP) is 4.64. The van der Waals surface area contributed by atoms with Crippen LogP contribution < -0.4 is 14.8 Å². The topological polar surface area (TPSA) is 73.3 Å². The number of aromatic nitrogens is 2. The molecular formula is C20H19N3O3S2. The maximum Gasteiger partial charge on any atom is 0.210 e. The Hall–Kier alpha value is -2.58. The van der Waals surface area contributed by atoms with Crippen molar-refractivity contribution in [3.8, 4) is 11.5 Å². The molecule has 1 N–H and O–H groups in total. The molecule has 0 saturated carbocycles. The molecule has 1 aromatic heterocycles. The molecule has 0 fully saturated rings. The molecule has 4 rings (SSSR count). The average Bonchev–Trinajstić information content (AvgIpc) is 3.16. The SMILES string of the molecule is Cc1ccc(Nc2nnc(SCC(=O)c3ccc4c(c3)OCCO4)s2)cc1C. The molecule has 8 heteroatoms. The maximum absolute atomic E-state index is 12.5. The highest BCUT2D eigenvalue weighted by atomic mass is 32.2. The van der Waals surface area contributed by atoms with Crippen molar-refractivity contribution in [2.75, 3.05) is 24.3 Å². The van der Waals surface area contributed by atoms with E-state index in [1.54, 1.807) is 18.2 Å². The van der Waals surface area contributed by atoms with Crippen LogP contribution in [0.15, 0.2) is 40.7 Å². The first-order valence-electron chi connectivity index (χ1n) is 8.82. The Labute approximate surface area is 171 Å². The standard InChI is InChI=1S/C20H19N3O3S2/c1-12-3-5-15(9-13(12)2)21-19-22-23-20(28-19)27-11-16(24)14-4-6-17-18(10-14)26-8-7-25-17/h3-6,9-10H,7-8,11H2,1-2H3,(H,21,22). The van der Waals surface area contributed by atoms with Gasteiger partial charge in [-0.2, -0.15) is 0 Å². The summed E-state index contributed by atoms with van der Waals surface area (Å²) in [4.78, 5) is 12.5. The Kier molecular flexibility index (Phi) is 5.50. The van der Waals surface area contributed by atoms with E-state index in [0.717, 1.165) is 10.0 Å². The number of thioether (sulfide) groups is 1. The highest BCUT2D eigenvalue weighted by molar-refractivity contribution is 8.01. The number of hydrogen-bond acceptors (Lipinski definition) is 8. The smallest absolute Gasteiger partial charge is 0.210 e. The Balaban J connectivity index is 1.36. The summed E-state index contributed by atoms with van der Waals surface area (Å²) in [5.41, 5.74) is 4.05. The van der Waals surface area contributed by atoms with Gasteiger partial charge in [0.25, 0.3) is 0 Å². The summed E-state index contributed by atoms with van der Waals surface area (Å²) in [5.74, 6) is 1.61. The number of hydrogen-bond donors (Lipinski definition) is 1. The van der Waals surface area contributed by atoms with Crippen LogP contribution in [-0.4, -0.2) is 34.9 Å². The molecule has 0 spiro atoms. The highest BCUT2D eigenvalue weighted by Gasteiger charge is 2.16. The first-order valence-corrected chi connectivity index (χ1v) is 10.6. The van der Waals surface area contributed by atoms with E-state index in [9.17, 15) is 4.79 Å². The van der Waals surface area contributed by atoms with Gasteiger partial charge in [-0.05, 0) is 55.3 Å². The van der Waals surface area contributed by atoms with Gasteiger partial charge in [0.1, 0.15) is 13.2 Å². The van der Waals surface area contributed by atoms with Gasteiger partial charge in [0.05, 0.1) is 5.75 Å². The van der Waals surface area contributed by atoms with Crippen LogP contribution in [0.1, 0.15) is 21.5 Å². The van der Waals surface area contributed by atoms with E-state index in [-0.39, 0.29) is 11.5 Å². The number of nitrogens with zero attached hydrogens (tertiary/aromatic N) is 2. The van der Waals surface area contributed by atoms with Gasteiger partial charge >= 0.3 is 0 Å². The highest BCUT2D eigenvalue weighted by Crippen LogP contribution is 2.32. The molecule has 0 aliphatic carbocycles. The van der Waals surface area contributed by atoms with Crippen molar-refractivity contribution >= 4 is 39.7 Å². The summed E-state index contributed by atoms with van der Waals surface area (Å²) < 4.78 is 11.8. The van der Waals surface area contributed by atoms with E-state index < -0.39 is 0 Å². The minimum Gasteiger partial charge on any atom is -0.486 e. The summed E-state index contributed by atoms with van der Waals surface area (Å²) in [6.07, 6.45) is 0. The fraction of sp³-hybridized carbons (Fsp3) is 0.250. The molecule has 0 unspecified atom stereocenters. The Morgan fingerprint density at radius 3 is 2.71 bits per heavy atom. The minimum atomic E-state index is 0.0147. The van der Waals surface area contributed by atoms with Crippen molar-refractivity contribution in [3.63, 3.8) is 0 Å². The summed E-state index contributed by atoms with van der Waals surface area (Å²) in [7, 11) is 0. The minimum absolute atomic E-state index is 0.0147. The molecule has 0 saturated heterocycles. The lowest BCUT2D eigenvalue weighted by atomic mass is 10.1. The van der Waals surface area contributed by atoms with E-state index in [4.69, 9.17) is 9.47 Å². The van der Waals surface area contributed by atoms with Gasteiger partial charge in [0, 0.05) is 11.3 Å². The molecule has 2 aromatic carbocycles. The number of carbonyl (C=O) groups is 1. The zero-order valence-corrected chi connectivity index (χ0v) is 17.2.